The quantitative estimate of drug-likeness (QED) is 0.792. The number of hydrogen-bond donors (Lipinski definition) is 1. The average molecular weight is 265 g/mol. The zero-order chi connectivity index (χ0) is 13.7. The summed E-state index contributed by atoms with van der Waals surface area (Å²) >= 11 is 0. The number of hydrogen-bond acceptors (Lipinski definition) is 4. The van der Waals surface area contributed by atoms with Crippen LogP contribution in [0.25, 0.3) is 0 Å². The summed E-state index contributed by atoms with van der Waals surface area (Å²) in [5.41, 5.74) is 6.10. The van der Waals surface area contributed by atoms with E-state index < -0.39 is 0 Å². The van der Waals surface area contributed by atoms with Crippen LogP contribution in [0.5, 0.6) is 0 Å². The molecule has 0 amide bonds. The minimum absolute atomic E-state index is 0.0484. The van der Waals surface area contributed by atoms with Gasteiger partial charge in [0.2, 0.25) is 0 Å². The van der Waals surface area contributed by atoms with Crippen LogP contribution in [0.3, 0.4) is 0 Å². The van der Waals surface area contributed by atoms with Gasteiger partial charge in [0.05, 0.1) is 6.54 Å². The Balaban J connectivity index is 1.82. The maximum atomic E-state index is 12.8. The third-order valence-corrected chi connectivity index (χ3v) is 3.44. The van der Waals surface area contributed by atoms with Crippen LogP contribution in [-0.2, 0) is 0 Å². The third-order valence-electron chi connectivity index (χ3n) is 3.44. The molecule has 0 spiro atoms. The van der Waals surface area contributed by atoms with E-state index in [1.54, 1.807) is 12.1 Å². The zero-order valence-electron chi connectivity index (χ0n) is 11.0. The van der Waals surface area contributed by atoms with Gasteiger partial charge in [0, 0.05) is 44.8 Å². The summed E-state index contributed by atoms with van der Waals surface area (Å²) in [4.78, 5) is 16.5. The van der Waals surface area contributed by atoms with Gasteiger partial charge in [0.15, 0.2) is 5.78 Å². The van der Waals surface area contributed by atoms with Crippen LogP contribution < -0.4 is 5.73 Å². The van der Waals surface area contributed by atoms with Crippen molar-refractivity contribution in [1.82, 2.24) is 9.80 Å². The monoisotopic (exact) mass is 265 g/mol. The van der Waals surface area contributed by atoms with Gasteiger partial charge in [0.25, 0.3) is 0 Å². The molecule has 19 heavy (non-hydrogen) atoms. The van der Waals surface area contributed by atoms with E-state index >= 15 is 0 Å². The summed E-state index contributed by atoms with van der Waals surface area (Å²) in [6.07, 6.45) is 0. The van der Waals surface area contributed by atoms with Crippen LogP contribution in [0.1, 0.15) is 10.4 Å². The lowest BCUT2D eigenvalue weighted by molar-refractivity contribution is 0.0856. The molecule has 0 aromatic heterocycles. The predicted octanol–water partition coefficient (Wildman–Crippen LogP) is 0.585. The lowest BCUT2D eigenvalue weighted by Crippen LogP contribution is -2.49. The Morgan fingerprint density at radius 1 is 1.11 bits per heavy atom. The van der Waals surface area contributed by atoms with Gasteiger partial charge in [-0.3, -0.25) is 14.6 Å². The predicted molar refractivity (Wildman–Crippen MR) is 72.7 cm³/mol. The number of nitrogens with two attached hydrogens (primary N) is 1. The average Bonchev–Trinajstić information content (AvgIpc) is 2.42. The van der Waals surface area contributed by atoms with Crippen LogP contribution in [-0.4, -0.2) is 61.4 Å². The van der Waals surface area contributed by atoms with Crippen molar-refractivity contribution in [2.45, 2.75) is 0 Å². The number of halogens is 1. The maximum Gasteiger partial charge on any atom is 0.176 e. The van der Waals surface area contributed by atoms with E-state index in [0.29, 0.717) is 18.7 Å². The number of nitrogens with zero attached hydrogens (tertiary/aromatic N) is 2. The molecule has 104 valence electrons. The van der Waals surface area contributed by atoms with Gasteiger partial charge >= 0.3 is 0 Å². The lowest BCUT2D eigenvalue weighted by Gasteiger charge is -2.33. The van der Waals surface area contributed by atoms with E-state index in [4.69, 9.17) is 5.73 Å². The van der Waals surface area contributed by atoms with Gasteiger partial charge in [-0.1, -0.05) is 0 Å². The number of rotatable bonds is 5. The Morgan fingerprint density at radius 2 is 1.68 bits per heavy atom. The van der Waals surface area contributed by atoms with Crippen molar-refractivity contribution in [3.8, 4) is 0 Å². The van der Waals surface area contributed by atoms with E-state index in [1.165, 1.54) is 12.1 Å². The summed E-state index contributed by atoms with van der Waals surface area (Å²) in [5.74, 6) is -0.265. The Labute approximate surface area is 113 Å². The van der Waals surface area contributed by atoms with Crippen LogP contribution in [0, 0.1) is 5.82 Å². The molecular formula is C14H20FN3O. The van der Waals surface area contributed by atoms with Crippen molar-refractivity contribution >= 4 is 5.78 Å². The van der Waals surface area contributed by atoms with Gasteiger partial charge in [0.1, 0.15) is 5.82 Å². The molecule has 1 fully saturated rings. The number of carbonyl (C=O) groups excluding carboxylic acids is 1. The Kier molecular flexibility index (Phi) is 5.01. The van der Waals surface area contributed by atoms with Crippen LogP contribution in [0.15, 0.2) is 24.3 Å². The fourth-order valence-corrected chi connectivity index (χ4v) is 2.28. The molecule has 2 rings (SSSR count). The molecule has 1 heterocycles. The molecule has 0 unspecified atom stereocenters. The van der Waals surface area contributed by atoms with Crippen molar-refractivity contribution in [1.29, 1.82) is 0 Å². The van der Waals surface area contributed by atoms with E-state index in [9.17, 15) is 9.18 Å². The molecule has 0 atom stereocenters. The molecule has 0 bridgehead atoms. The van der Waals surface area contributed by atoms with Crippen molar-refractivity contribution < 1.29 is 9.18 Å². The second-order valence-electron chi connectivity index (χ2n) is 4.84. The number of piperazine rings is 1. The second-order valence-corrected chi connectivity index (χ2v) is 4.84. The van der Waals surface area contributed by atoms with Gasteiger partial charge < -0.3 is 5.73 Å². The first kappa shape index (κ1) is 14.1. The van der Waals surface area contributed by atoms with Crippen LogP contribution >= 0.6 is 0 Å². The highest BCUT2D eigenvalue weighted by atomic mass is 19.1. The number of Topliss-reactive ketones (excluding diaryl/α,β-unsaturated/α-hetero) is 1. The molecule has 2 N–H and O–H groups in total. The van der Waals surface area contributed by atoms with Gasteiger partial charge in [-0.15, -0.1) is 0 Å². The standard InChI is InChI=1S/C14H20FN3O/c15-13-3-1-12(2-4-13)14(19)11-18-9-7-17(6-5-16)8-10-18/h1-4H,5-11,16H2. The highest BCUT2D eigenvalue weighted by molar-refractivity contribution is 5.97. The maximum absolute atomic E-state index is 12.8. The molecule has 0 radical (unpaired) electrons. The molecule has 0 saturated carbocycles. The SMILES string of the molecule is NCCN1CCN(CC(=O)c2ccc(F)cc2)CC1. The van der Waals surface area contributed by atoms with Crippen molar-refractivity contribution in [3.63, 3.8) is 0 Å². The lowest BCUT2D eigenvalue weighted by atomic mass is 10.1. The molecule has 5 heteroatoms. The normalized spacial score (nSPS) is 17.6. The summed E-state index contributed by atoms with van der Waals surface area (Å²) in [5, 5.41) is 0. The second kappa shape index (κ2) is 6.75. The molecule has 1 saturated heterocycles. The zero-order valence-corrected chi connectivity index (χ0v) is 11.0. The first-order chi connectivity index (χ1) is 9.19. The minimum atomic E-state index is -0.313. The summed E-state index contributed by atoms with van der Waals surface area (Å²) < 4.78 is 12.8. The summed E-state index contributed by atoms with van der Waals surface area (Å²) in [6.45, 7) is 5.66. The molecular weight excluding hydrogens is 245 g/mol. The molecule has 4 nitrogen and oxygen atoms in total. The Bertz CT molecular complexity index is 413. The number of ketones is 1. The van der Waals surface area contributed by atoms with Crippen molar-refractivity contribution in [2.75, 3.05) is 45.8 Å². The summed E-state index contributed by atoms with van der Waals surface area (Å²) in [7, 11) is 0. The summed E-state index contributed by atoms with van der Waals surface area (Å²) in [6, 6.07) is 5.74. The highest BCUT2D eigenvalue weighted by Crippen LogP contribution is 2.07. The van der Waals surface area contributed by atoms with E-state index in [-0.39, 0.29) is 11.6 Å². The minimum Gasteiger partial charge on any atom is -0.329 e. The van der Waals surface area contributed by atoms with E-state index in [0.717, 1.165) is 32.7 Å². The topological polar surface area (TPSA) is 49.6 Å². The van der Waals surface area contributed by atoms with Gasteiger partial charge in [-0.25, -0.2) is 4.39 Å². The first-order valence-corrected chi connectivity index (χ1v) is 6.62. The highest BCUT2D eigenvalue weighted by Gasteiger charge is 2.18. The van der Waals surface area contributed by atoms with Gasteiger partial charge in [-0.2, -0.15) is 0 Å². The third kappa shape index (κ3) is 4.09. The number of benzene rings is 1. The largest absolute Gasteiger partial charge is 0.329 e. The fourth-order valence-electron chi connectivity index (χ4n) is 2.28. The van der Waals surface area contributed by atoms with E-state index in [1.807, 2.05) is 0 Å². The fraction of sp³-hybridized carbons (Fsp3) is 0.500. The van der Waals surface area contributed by atoms with Crippen molar-refractivity contribution in [2.24, 2.45) is 5.73 Å². The van der Waals surface area contributed by atoms with E-state index in [2.05, 4.69) is 9.80 Å². The molecule has 1 aromatic rings. The Hall–Kier alpha value is -1.30. The molecule has 1 aliphatic heterocycles. The van der Waals surface area contributed by atoms with Crippen molar-refractivity contribution in [3.05, 3.63) is 35.6 Å². The molecule has 0 aliphatic carbocycles. The first-order valence-electron chi connectivity index (χ1n) is 6.62. The van der Waals surface area contributed by atoms with Crippen LogP contribution in [0.4, 0.5) is 4.39 Å². The molecule has 1 aromatic carbocycles. The van der Waals surface area contributed by atoms with Gasteiger partial charge in [-0.05, 0) is 24.3 Å². The Morgan fingerprint density at radius 3 is 2.26 bits per heavy atom. The number of carbonyl (C=O) groups is 1. The smallest absolute Gasteiger partial charge is 0.176 e. The van der Waals surface area contributed by atoms with Crippen LogP contribution in [0.2, 0.25) is 0 Å². The molecule has 1 aliphatic rings.